The summed E-state index contributed by atoms with van der Waals surface area (Å²) in [5.74, 6) is -0.302. The third-order valence-corrected chi connectivity index (χ3v) is 2.43. The molecule has 1 aromatic heterocycles. The number of nitrogen functional groups attached to an aromatic ring is 1. The molecule has 0 spiro atoms. The van der Waals surface area contributed by atoms with Crippen LogP contribution in [0.5, 0.6) is 0 Å². The lowest BCUT2D eigenvalue weighted by molar-refractivity contribution is 0.496. The van der Waals surface area contributed by atoms with Crippen LogP contribution in [0.4, 0.5) is 5.69 Å². The van der Waals surface area contributed by atoms with Gasteiger partial charge < -0.3 is 10.2 Å². The van der Waals surface area contributed by atoms with E-state index in [1.807, 2.05) is 0 Å². The quantitative estimate of drug-likeness (QED) is 0.781. The summed E-state index contributed by atoms with van der Waals surface area (Å²) in [4.78, 5) is 11.5. The van der Waals surface area contributed by atoms with Gasteiger partial charge in [-0.05, 0) is 24.6 Å². The summed E-state index contributed by atoms with van der Waals surface area (Å²) in [6.07, 6.45) is 2.00. The maximum atomic E-state index is 11.5. The van der Waals surface area contributed by atoms with Crippen LogP contribution in [0.1, 0.15) is 19.8 Å². The first-order chi connectivity index (χ1) is 7.22. The average Bonchev–Trinajstić information content (AvgIpc) is 2.51. The van der Waals surface area contributed by atoms with Crippen molar-refractivity contribution >= 4 is 16.8 Å². The second-order valence-corrected chi connectivity index (χ2v) is 3.60. The van der Waals surface area contributed by atoms with Crippen molar-refractivity contribution in [3.8, 4) is 0 Å². The van der Waals surface area contributed by atoms with E-state index in [1.165, 1.54) is 0 Å². The molecule has 0 bridgehead atoms. The van der Waals surface area contributed by atoms with Crippen LogP contribution in [0.3, 0.4) is 0 Å². The van der Waals surface area contributed by atoms with Gasteiger partial charge in [0.1, 0.15) is 0 Å². The topological polar surface area (TPSA) is 61.2 Å². The molecule has 0 saturated carbocycles. The van der Waals surface area contributed by atoms with E-state index in [0.29, 0.717) is 17.8 Å². The van der Waals surface area contributed by atoms with Crippen LogP contribution in [0.25, 0.3) is 11.1 Å². The second-order valence-electron chi connectivity index (χ2n) is 3.60. The number of fused-ring (bicyclic) bond motifs is 1. The van der Waals surface area contributed by atoms with Crippen LogP contribution >= 0.6 is 0 Å². The molecule has 0 aliphatic heterocycles. The smallest absolute Gasteiger partial charge is 0.408 e. The predicted octanol–water partition coefficient (Wildman–Crippen LogP) is 1.98. The Morgan fingerprint density at radius 2 is 2.27 bits per heavy atom. The maximum Gasteiger partial charge on any atom is 0.419 e. The predicted molar refractivity (Wildman–Crippen MR) is 59.8 cm³/mol. The van der Waals surface area contributed by atoms with E-state index in [0.717, 1.165) is 18.4 Å². The average molecular weight is 206 g/mol. The zero-order valence-corrected chi connectivity index (χ0v) is 8.69. The zero-order chi connectivity index (χ0) is 10.8. The Hall–Kier alpha value is -1.71. The van der Waals surface area contributed by atoms with Crippen molar-refractivity contribution in [2.75, 3.05) is 5.73 Å². The Labute approximate surface area is 87.3 Å². The minimum absolute atomic E-state index is 0.302. The Kier molecular flexibility index (Phi) is 2.49. The highest BCUT2D eigenvalue weighted by Gasteiger charge is 2.08. The third kappa shape index (κ3) is 1.75. The Morgan fingerprint density at radius 3 is 3.00 bits per heavy atom. The van der Waals surface area contributed by atoms with Gasteiger partial charge in [0.2, 0.25) is 0 Å². The van der Waals surface area contributed by atoms with Gasteiger partial charge in [-0.1, -0.05) is 13.3 Å². The summed E-state index contributed by atoms with van der Waals surface area (Å²) < 4.78 is 6.74. The standard InChI is InChI=1S/C11H14N2O2/c1-2-3-6-13-9-7-8(12)4-5-10(9)15-11(13)14/h4-5,7H,2-3,6,12H2,1H3. The van der Waals surface area contributed by atoms with Gasteiger partial charge >= 0.3 is 5.76 Å². The summed E-state index contributed by atoms with van der Waals surface area (Å²) in [7, 11) is 0. The number of aromatic nitrogens is 1. The first kappa shape index (κ1) is 9.83. The molecule has 0 atom stereocenters. The monoisotopic (exact) mass is 206 g/mol. The van der Waals surface area contributed by atoms with Crippen LogP contribution in [0, 0.1) is 0 Å². The van der Waals surface area contributed by atoms with E-state index in [4.69, 9.17) is 10.2 Å². The van der Waals surface area contributed by atoms with Crippen LogP contribution < -0.4 is 11.5 Å². The number of oxazole rings is 1. The first-order valence-corrected chi connectivity index (χ1v) is 5.11. The fourth-order valence-electron chi connectivity index (χ4n) is 1.61. The third-order valence-electron chi connectivity index (χ3n) is 2.43. The number of rotatable bonds is 3. The lowest BCUT2D eigenvalue weighted by Gasteiger charge is -2.00. The molecule has 2 N–H and O–H groups in total. The van der Waals surface area contributed by atoms with Crippen molar-refractivity contribution in [2.45, 2.75) is 26.3 Å². The molecule has 4 heteroatoms. The Balaban J connectivity index is 2.55. The minimum atomic E-state index is -0.302. The first-order valence-electron chi connectivity index (χ1n) is 5.11. The highest BCUT2D eigenvalue weighted by atomic mass is 16.4. The molecule has 0 aliphatic rings. The van der Waals surface area contributed by atoms with Gasteiger partial charge in [-0.25, -0.2) is 4.79 Å². The number of aryl methyl sites for hydroxylation is 1. The van der Waals surface area contributed by atoms with Gasteiger partial charge in [0.25, 0.3) is 0 Å². The molecule has 0 amide bonds. The number of nitrogens with zero attached hydrogens (tertiary/aromatic N) is 1. The fourth-order valence-corrected chi connectivity index (χ4v) is 1.61. The number of hydrogen-bond donors (Lipinski definition) is 1. The number of benzene rings is 1. The van der Waals surface area contributed by atoms with Gasteiger partial charge in [-0.15, -0.1) is 0 Å². The molecule has 0 fully saturated rings. The molecule has 0 radical (unpaired) electrons. The van der Waals surface area contributed by atoms with Crippen LogP contribution in [-0.4, -0.2) is 4.57 Å². The van der Waals surface area contributed by atoms with Crippen molar-refractivity contribution in [2.24, 2.45) is 0 Å². The van der Waals surface area contributed by atoms with Crippen LogP contribution in [0.15, 0.2) is 27.4 Å². The zero-order valence-electron chi connectivity index (χ0n) is 8.69. The Morgan fingerprint density at radius 1 is 1.47 bits per heavy atom. The van der Waals surface area contributed by atoms with E-state index in [2.05, 4.69) is 6.92 Å². The van der Waals surface area contributed by atoms with Crippen molar-refractivity contribution in [3.05, 3.63) is 28.7 Å². The highest BCUT2D eigenvalue weighted by Crippen LogP contribution is 2.16. The van der Waals surface area contributed by atoms with E-state index >= 15 is 0 Å². The van der Waals surface area contributed by atoms with E-state index in [9.17, 15) is 4.79 Å². The number of anilines is 1. The lowest BCUT2D eigenvalue weighted by atomic mass is 10.3. The number of unbranched alkanes of at least 4 members (excludes halogenated alkanes) is 1. The van der Waals surface area contributed by atoms with Crippen LogP contribution in [0.2, 0.25) is 0 Å². The molecule has 1 aromatic carbocycles. The van der Waals surface area contributed by atoms with E-state index in [1.54, 1.807) is 22.8 Å². The summed E-state index contributed by atoms with van der Waals surface area (Å²) in [6, 6.07) is 5.24. The summed E-state index contributed by atoms with van der Waals surface area (Å²) >= 11 is 0. The second kappa shape index (κ2) is 3.81. The van der Waals surface area contributed by atoms with Gasteiger partial charge in [0.05, 0.1) is 5.52 Å². The van der Waals surface area contributed by atoms with Crippen molar-refractivity contribution < 1.29 is 4.42 Å². The molecule has 2 rings (SSSR count). The molecule has 4 nitrogen and oxygen atoms in total. The molecular weight excluding hydrogens is 192 g/mol. The molecule has 80 valence electrons. The minimum Gasteiger partial charge on any atom is -0.408 e. The Bertz CT molecular complexity index is 525. The lowest BCUT2D eigenvalue weighted by Crippen LogP contribution is -2.13. The van der Waals surface area contributed by atoms with Gasteiger partial charge in [-0.2, -0.15) is 0 Å². The molecule has 15 heavy (non-hydrogen) atoms. The maximum absolute atomic E-state index is 11.5. The van der Waals surface area contributed by atoms with Gasteiger partial charge in [-0.3, -0.25) is 4.57 Å². The molecule has 2 aromatic rings. The molecular formula is C11H14N2O2. The van der Waals surface area contributed by atoms with E-state index < -0.39 is 0 Å². The number of nitrogens with two attached hydrogens (primary N) is 1. The number of hydrogen-bond acceptors (Lipinski definition) is 3. The fraction of sp³-hybridized carbons (Fsp3) is 0.364. The van der Waals surface area contributed by atoms with Gasteiger partial charge in [0.15, 0.2) is 5.58 Å². The van der Waals surface area contributed by atoms with Crippen molar-refractivity contribution in [1.29, 1.82) is 0 Å². The van der Waals surface area contributed by atoms with Crippen molar-refractivity contribution in [1.82, 2.24) is 4.57 Å². The van der Waals surface area contributed by atoms with Gasteiger partial charge in [0, 0.05) is 12.2 Å². The largest absolute Gasteiger partial charge is 0.419 e. The summed E-state index contributed by atoms with van der Waals surface area (Å²) in [5, 5.41) is 0. The molecule has 0 saturated heterocycles. The SMILES string of the molecule is CCCCn1c(=O)oc2ccc(N)cc21. The van der Waals surface area contributed by atoms with Crippen LogP contribution in [-0.2, 0) is 6.54 Å². The summed E-state index contributed by atoms with van der Waals surface area (Å²) in [5.41, 5.74) is 7.71. The highest BCUT2D eigenvalue weighted by molar-refractivity contribution is 5.76. The van der Waals surface area contributed by atoms with E-state index in [-0.39, 0.29) is 5.76 Å². The molecule has 1 heterocycles. The summed E-state index contributed by atoms with van der Waals surface area (Å²) in [6.45, 7) is 2.77. The molecule has 0 unspecified atom stereocenters. The molecule has 0 aliphatic carbocycles. The normalized spacial score (nSPS) is 11.0. The van der Waals surface area contributed by atoms with Crippen molar-refractivity contribution in [3.63, 3.8) is 0 Å².